The van der Waals surface area contributed by atoms with Gasteiger partial charge < -0.3 is 53.5 Å². The first-order valence-corrected chi connectivity index (χ1v) is 22.4. The molecule has 3 rings (SSSR count). The normalized spacial score (nSPS) is 12.0. The van der Waals surface area contributed by atoms with Crippen molar-refractivity contribution < 1.29 is 75.9 Å². The number of esters is 2. The van der Waals surface area contributed by atoms with Gasteiger partial charge in [-0.3, -0.25) is 24.0 Å². The number of ether oxygens (including phenoxy) is 5. The highest BCUT2D eigenvalue weighted by Crippen LogP contribution is 2.31. The molecule has 0 aliphatic heterocycles. The number of amides is 4. The second kappa shape index (κ2) is 29.6. The van der Waals surface area contributed by atoms with Crippen LogP contribution < -0.4 is 30.2 Å². The van der Waals surface area contributed by atoms with Crippen molar-refractivity contribution in [2.45, 2.75) is 104 Å². The lowest BCUT2D eigenvalue weighted by Gasteiger charge is -2.31. The van der Waals surface area contributed by atoms with Crippen LogP contribution in [-0.2, 0) is 42.9 Å². The number of methoxy groups -OCH3 is 2. The molecule has 1 aromatic heterocycles. The Labute approximate surface area is 396 Å². The summed E-state index contributed by atoms with van der Waals surface area (Å²) in [5.74, 6) is -5.89. The van der Waals surface area contributed by atoms with Crippen LogP contribution >= 0.6 is 0 Å². The molecular formula is C47H61BN4O16. The van der Waals surface area contributed by atoms with E-state index in [2.05, 4.69) is 20.6 Å². The third-order valence-corrected chi connectivity index (χ3v) is 10.4. The number of nitrogens with one attached hydrogen (secondary N) is 3. The summed E-state index contributed by atoms with van der Waals surface area (Å²) in [6.07, 6.45) is 5.23. The molecule has 21 heteroatoms. The lowest BCUT2D eigenvalue weighted by atomic mass is 9.90. The van der Waals surface area contributed by atoms with Gasteiger partial charge >= 0.3 is 26.0 Å². The number of hydrogen-bond acceptors (Lipinski definition) is 16. The molecular weight excluding hydrogens is 887 g/mol. The molecule has 368 valence electrons. The second-order valence-corrected chi connectivity index (χ2v) is 15.2. The molecule has 0 bridgehead atoms. The van der Waals surface area contributed by atoms with E-state index in [1.165, 1.54) is 62.8 Å². The Hall–Kier alpha value is -7.06. The molecule has 0 saturated heterocycles. The van der Waals surface area contributed by atoms with Crippen LogP contribution in [0.3, 0.4) is 0 Å². The number of benzene rings is 2. The quantitative estimate of drug-likeness (QED) is 0.0188. The topological polar surface area (TPSA) is 254 Å². The minimum Gasteiger partial charge on any atom is -0.543 e. The zero-order valence-electron chi connectivity index (χ0n) is 39.4. The third-order valence-electron chi connectivity index (χ3n) is 10.4. The average Bonchev–Trinajstić information content (AvgIpc) is 3.85. The summed E-state index contributed by atoms with van der Waals surface area (Å²) < 4.78 is 36.7. The standard InChI is InChI=1S/C47H61BN4O16/c1-7-11-14-15-32(35(10-4)52(29-53)68-46(59)31-17-19-37(61-5)40(25-31)62-6)43(56)49-28-50-45(58)38-21-20-36(66-38)30-16-18-33(39(24-30)65-27-42(55)63-22-12-8-2)44(57)51-34(26-41(54)67-48)47(60)64-23-13-9-3/h16-21,24-25,29,32,34-35H,7-15,22-23,26-28H2,1-6H3,(H,49,56)(H,50,58)(H,51,57)/t32-,34+,35-/m1/s1. The molecule has 2 aromatic carbocycles. The Morgan fingerprint density at radius 3 is 2.12 bits per heavy atom. The van der Waals surface area contributed by atoms with E-state index in [0.717, 1.165) is 30.7 Å². The Bertz CT molecular complexity index is 2160. The summed E-state index contributed by atoms with van der Waals surface area (Å²) in [7, 11) is 7.84. The van der Waals surface area contributed by atoms with Gasteiger partial charge in [0, 0.05) is 5.56 Å². The van der Waals surface area contributed by atoms with Crippen LogP contribution in [0.5, 0.6) is 17.2 Å². The van der Waals surface area contributed by atoms with Crippen molar-refractivity contribution >= 4 is 56.1 Å². The monoisotopic (exact) mass is 948 g/mol. The van der Waals surface area contributed by atoms with Crippen molar-refractivity contribution in [3.05, 3.63) is 65.4 Å². The van der Waals surface area contributed by atoms with Crippen molar-refractivity contribution in [2.24, 2.45) is 5.92 Å². The number of carbonyl (C=O) groups is 8. The molecule has 2 radical (unpaired) electrons. The van der Waals surface area contributed by atoms with Gasteiger partial charge in [-0.15, -0.1) is 0 Å². The minimum atomic E-state index is -1.48. The van der Waals surface area contributed by atoms with E-state index in [4.69, 9.17) is 41.0 Å². The van der Waals surface area contributed by atoms with E-state index in [-0.39, 0.29) is 60.4 Å². The molecule has 68 heavy (non-hydrogen) atoms. The third kappa shape index (κ3) is 17.0. The molecule has 3 atom stereocenters. The maximum atomic E-state index is 13.7. The Balaban J connectivity index is 1.79. The minimum absolute atomic E-state index is 0.0465. The van der Waals surface area contributed by atoms with E-state index in [0.29, 0.717) is 43.4 Å². The van der Waals surface area contributed by atoms with Gasteiger partial charge in [-0.2, -0.15) is 5.06 Å². The van der Waals surface area contributed by atoms with Gasteiger partial charge in [0.15, 0.2) is 23.9 Å². The number of furan rings is 1. The predicted octanol–water partition coefficient (Wildman–Crippen LogP) is 5.15. The van der Waals surface area contributed by atoms with Gasteiger partial charge in [-0.05, 0) is 68.1 Å². The molecule has 0 unspecified atom stereocenters. The number of hydroxylamine groups is 2. The molecule has 0 saturated carbocycles. The van der Waals surface area contributed by atoms with Crippen LogP contribution in [0.4, 0.5) is 0 Å². The van der Waals surface area contributed by atoms with E-state index >= 15 is 0 Å². The SMILES string of the molecule is [B]OC(=O)C[C@H](NC(=O)c1ccc(-c2ccc(C(=O)NCNC(=O)[C@H](CCCCC)[C@@H](CC)N(C=O)OC(=O)c3ccc(OC)c(OC)c3)o2)cc1OCC(=O)OCCCC)C(=O)OCCCC. The van der Waals surface area contributed by atoms with Crippen molar-refractivity contribution in [1.82, 2.24) is 21.0 Å². The van der Waals surface area contributed by atoms with Crippen molar-refractivity contribution in [3.8, 4) is 28.6 Å². The molecule has 0 fully saturated rings. The second-order valence-electron chi connectivity index (χ2n) is 15.2. The molecule has 0 aliphatic rings. The molecule has 1 heterocycles. The molecule has 0 spiro atoms. The van der Waals surface area contributed by atoms with Crippen LogP contribution in [0.25, 0.3) is 11.3 Å². The van der Waals surface area contributed by atoms with Crippen molar-refractivity contribution in [1.29, 1.82) is 0 Å². The lowest BCUT2D eigenvalue weighted by molar-refractivity contribution is -0.171. The molecule has 20 nitrogen and oxygen atoms in total. The van der Waals surface area contributed by atoms with E-state index < -0.39 is 72.6 Å². The summed E-state index contributed by atoms with van der Waals surface area (Å²) in [4.78, 5) is 109. The van der Waals surface area contributed by atoms with E-state index in [9.17, 15) is 38.4 Å². The summed E-state index contributed by atoms with van der Waals surface area (Å²) in [5.41, 5.74) is 0.237. The first-order chi connectivity index (χ1) is 32.8. The van der Waals surface area contributed by atoms with Gasteiger partial charge in [0.25, 0.3) is 17.8 Å². The molecule has 4 amide bonds. The van der Waals surface area contributed by atoms with Gasteiger partial charge in [-0.25, -0.2) is 14.4 Å². The van der Waals surface area contributed by atoms with E-state index in [1.807, 2.05) is 20.8 Å². The predicted molar refractivity (Wildman–Crippen MR) is 244 cm³/mol. The van der Waals surface area contributed by atoms with Crippen molar-refractivity contribution in [2.75, 3.05) is 40.7 Å². The fourth-order valence-electron chi connectivity index (χ4n) is 6.63. The number of unbranched alkanes of at least 4 members (excludes halogenated alkanes) is 4. The highest BCUT2D eigenvalue weighted by molar-refractivity contribution is 6.06. The van der Waals surface area contributed by atoms with Gasteiger partial charge in [0.2, 0.25) is 12.3 Å². The Morgan fingerprint density at radius 2 is 1.47 bits per heavy atom. The Kier molecular flexibility index (Phi) is 24.0. The van der Waals surface area contributed by atoms with Crippen LogP contribution in [0.2, 0.25) is 0 Å². The number of nitrogens with zero attached hydrogens (tertiary/aromatic N) is 1. The van der Waals surface area contributed by atoms with Gasteiger partial charge in [0.05, 0.1) is 63.6 Å². The fraction of sp³-hybridized carbons (Fsp3) is 0.489. The maximum absolute atomic E-state index is 13.7. The first kappa shape index (κ1) is 55.3. The summed E-state index contributed by atoms with van der Waals surface area (Å²) >= 11 is 0. The van der Waals surface area contributed by atoms with Crippen molar-refractivity contribution in [3.63, 3.8) is 0 Å². The molecule has 3 N–H and O–H groups in total. The summed E-state index contributed by atoms with van der Waals surface area (Å²) in [6, 6.07) is 9.02. The first-order valence-electron chi connectivity index (χ1n) is 22.4. The zero-order chi connectivity index (χ0) is 50.0. The van der Waals surface area contributed by atoms with Crippen LogP contribution in [0.1, 0.15) is 123 Å². The maximum Gasteiger partial charge on any atom is 0.378 e. The average molecular weight is 949 g/mol. The molecule has 0 aliphatic carbocycles. The van der Waals surface area contributed by atoms with Crippen LogP contribution in [0, 0.1) is 5.92 Å². The largest absolute Gasteiger partial charge is 0.543 e. The highest BCUT2D eigenvalue weighted by Gasteiger charge is 2.34. The van der Waals surface area contributed by atoms with Crippen LogP contribution in [-0.4, -0.2) is 114 Å². The highest BCUT2D eigenvalue weighted by atomic mass is 16.7. The Morgan fingerprint density at radius 1 is 0.765 bits per heavy atom. The number of carbonyl (C=O) groups excluding carboxylic acids is 8. The van der Waals surface area contributed by atoms with E-state index in [1.54, 1.807) is 6.92 Å². The summed E-state index contributed by atoms with van der Waals surface area (Å²) in [6.45, 7) is 6.82. The van der Waals surface area contributed by atoms with Gasteiger partial charge in [0.1, 0.15) is 17.6 Å². The number of hydrogen-bond donors (Lipinski definition) is 3. The van der Waals surface area contributed by atoms with Gasteiger partial charge in [-0.1, -0.05) is 65.9 Å². The number of rotatable bonds is 31. The smallest absolute Gasteiger partial charge is 0.378 e. The summed E-state index contributed by atoms with van der Waals surface area (Å²) in [5, 5.41) is 8.53. The molecule has 3 aromatic rings. The fourth-order valence-corrected chi connectivity index (χ4v) is 6.63. The van der Waals surface area contributed by atoms with Crippen LogP contribution in [0.15, 0.2) is 52.9 Å². The lowest BCUT2D eigenvalue weighted by Crippen LogP contribution is -2.49. The zero-order valence-corrected chi connectivity index (χ0v) is 39.4.